The SMILES string of the molecule is CC(C)c1ccccc1NC(=O)N1CCCC(C(=O)O)C1. The molecular formula is C16H22N2O3. The summed E-state index contributed by atoms with van der Waals surface area (Å²) in [5.74, 6) is -0.963. The molecule has 1 heterocycles. The third-order valence-electron chi connectivity index (χ3n) is 3.88. The summed E-state index contributed by atoms with van der Waals surface area (Å²) in [5, 5.41) is 12.0. The van der Waals surface area contributed by atoms with Gasteiger partial charge in [0.25, 0.3) is 0 Å². The number of piperidine rings is 1. The first-order chi connectivity index (χ1) is 9.99. The predicted molar refractivity (Wildman–Crippen MR) is 81.5 cm³/mol. The number of benzene rings is 1. The third kappa shape index (κ3) is 3.74. The molecule has 1 fully saturated rings. The molecule has 0 bridgehead atoms. The summed E-state index contributed by atoms with van der Waals surface area (Å²) >= 11 is 0. The van der Waals surface area contributed by atoms with E-state index in [4.69, 9.17) is 5.11 Å². The van der Waals surface area contributed by atoms with Crippen LogP contribution < -0.4 is 5.32 Å². The zero-order valence-electron chi connectivity index (χ0n) is 12.5. The third-order valence-corrected chi connectivity index (χ3v) is 3.88. The number of urea groups is 1. The number of para-hydroxylation sites is 1. The van der Waals surface area contributed by atoms with E-state index in [2.05, 4.69) is 19.2 Å². The molecule has 5 nitrogen and oxygen atoms in total. The molecule has 114 valence electrons. The second kappa shape index (κ2) is 6.61. The summed E-state index contributed by atoms with van der Waals surface area (Å²) in [6.07, 6.45) is 1.37. The van der Waals surface area contributed by atoms with Crippen molar-refractivity contribution in [1.29, 1.82) is 0 Å². The van der Waals surface area contributed by atoms with E-state index in [0.717, 1.165) is 17.7 Å². The van der Waals surface area contributed by atoms with Crippen molar-refractivity contribution in [2.24, 2.45) is 5.92 Å². The van der Waals surface area contributed by atoms with Crippen LogP contribution in [-0.2, 0) is 4.79 Å². The Morgan fingerprint density at radius 1 is 1.33 bits per heavy atom. The minimum atomic E-state index is -0.824. The quantitative estimate of drug-likeness (QED) is 0.898. The van der Waals surface area contributed by atoms with Gasteiger partial charge in [-0.15, -0.1) is 0 Å². The number of nitrogens with zero attached hydrogens (tertiary/aromatic N) is 1. The first-order valence-electron chi connectivity index (χ1n) is 7.36. The molecule has 2 amide bonds. The first-order valence-corrected chi connectivity index (χ1v) is 7.36. The van der Waals surface area contributed by atoms with Gasteiger partial charge in [-0.2, -0.15) is 0 Å². The Bertz CT molecular complexity index is 528. The number of likely N-dealkylation sites (tertiary alicyclic amines) is 1. The maximum atomic E-state index is 12.3. The number of rotatable bonds is 3. The van der Waals surface area contributed by atoms with Crippen LogP contribution >= 0.6 is 0 Å². The van der Waals surface area contributed by atoms with Crippen molar-refractivity contribution < 1.29 is 14.7 Å². The zero-order chi connectivity index (χ0) is 15.4. The lowest BCUT2D eigenvalue weighted by atomic mass is 9.98. The van der Waals surface area contributed by atoms with Crippen LogP contribution in [-0.4, -0.2) is 35.1 Å². The van der Waals surface area contributed by atoms with Crippen LogP contribution in [0.2, 0.25) is 0 Å². The summed E-state index contributed by atoms with van der Waals surface area (Å²) in [6.45, 7) is 5.04. The first kappa shape index (κ1) is 15.4. The number of hydrogen-bond donors (Lipinski definition) is 2. The lowest BCUT2D eigenvalue weighted by Crippen LogP contribution is -2.44. The molecule has 1 aliphatic heterocycles. The van der Waals surface area contributed by atoms with Crippen LogP contribution in [0.3, 0.4) is 0 Å². The Labute approximate surface area is 125 Å². The summed E-state index contributed by atoms with van der Waals surface area (Å²) in [5.41, 5.74) is 1.88. The Hall–Kier alpha value is -2.04. The second-order valence-corrected chi connectivity index (χ2v) is 5.80. The van der Waals surface area contributed by atoms with E-state index in [1.165, 1.54) is 0 Å². The molecule has 1 saturated heterocycles. The van der Waals surface area contributed by atoms with Crippen molar-refractivity contribution in [2.75, 3.05) is 18.4 Å². The van der Waals surface area contributed by atoms with E-state index in [0.29, 0.717) is 18.9 Å². The van der Waals surface area contributed by atoms with Gasteiger partial charge < -0.3 is 15.3 Å². The van der Waals surface area contributed by atoms with Gasteiger partial charge in [0, 0.05) is 18.8 Å². The van der Waals surface area contributed by atoms with Gasteiger partial charge in [0.1, 0.15) is 0 Å². The molecule has 0 saturated carbocycles. The van der Waals surface area contributed by atoms with Gasteiger partial charge in [0.05, 0.1) is 5.92 Å². The van der Waals surface area contributed by atoms with E-state index < -0.39 is 11.9 Å². The Morgan fingerprint density at radius 3 is 2.71 bits per heavy atom. The summed E-state index contributed by atoms with van der Waals surface area (Å²) < 4.78 is 0. The zero-order valence-corrected chi connectivity index (χ0v) is 12.5. The molecule has 0 spiro atoms. The van der Waals surface area contributed by atoms with Crippen LogP contribution in [0.25, 0.3) is 0 Å². The van der Waals surface area contributed by atoms with Crippen molar-refractivity contribution in [3.05, 3.63) is 29.8 Å². The molecule has 1 aliphatic rings. The highest BCUT2D eigenvalue weighted by atomic mass is 16.4. The van der Waals surface area contributed by atoms with E-state index in [1.54, 1.807) is 4.90 Å². The highest BCUT2D eigenvalue weighted by Gasteiger charge is 2.28. The van der Waals surface area contributed by atoms with E-state index in [1.807, 2.05) is 24.3 Å². The minimum Gasteiger partial charge on any atom is -0.481 e. The number of carboxylic acids is 1. The summed E-state index contributed by atoms with van der Waals surface area (Å²) in [6, 6.07) is 7.50. The monoisotopic (exact) mass is 290 g/mol. The normalized spacial score (nSPS) is 18.6. The van der Waals surface area contributed by atoms with Gasteiger partial charge in [-0.05, 0) is 30.4 Å². The van der Waals surface area contributed by atoms with Crippen LogP contribution in [0, 0.1) is 5.92 Å². The molecule has 1 unspecified atom stereocenters. The number of amides is 2. The Morgan fingerprint density at radius 2 is 2.05 bits per heavy atom. The highest BCUT2D eigenvalue weighted by molar-refractivity contribution is 5.90. The molecule has 2 rings (SSSR count). The molecule has 0 aliphatic carbocycles. The van der Waals surface area contributed by atoms with Crippen LogP contribution in [0.1, 0.15) is 38.2 Å². The number of carbonyl (C=O) groups is 2. The van der Waals surface area contributed by atoms with Crippen molar-refractivity contribution in [2.45, 2.75) is 32.6 Å². The van der Waals surface area contributed by atoms with Crippen molar-refractivity contribution in [3.8, 4) is 0 Å². The fraction of sp³-hybridized carbons (Fsp3) is 0.500. The van der Waals surface area contributed by atoms with Crippen molar-refractivity contribution in [1.82, 2.24) is 4.90 Å². The molecule has 21 heavy (non-hydrogen) atoms. The van der Waals surface area contributed by atoms with Crippen LogP contribution in [0.5, 0.6) is 0 Å². The smallest absolute Gasteiger partial charge is 0.321 e. The number of carbonyl (C=O) groups excluding carboxylic acids is 1. The lowest BCUT2D eigenvalue weighted by molar-refractivity contribution is -0.143. The molecule has 5 heteroatoms. The molecule has 0 radical (unpaired) electrons. The van der Waals surface area contributed by atoms with Crippen LogP contribution in [0.15, 0.2) is 24.3 Å². The number of nitrogens with one attached hydrogen (secondary N) is 1. The van der Waals surface area contributed by atoms with Gasteiger partial charge in [0.2, 0.25) is 0 Å². The van der Waals surface area contributed by atoms with E-state index >= 15 is 0 Å². The molecule has 1 atom stereocenters. The average Bonchev–Trinajstić information content (AvgIpc) is 2.47. The Balaban J connectivity index is 2.06. The molecular weight excluding hydrogens is 268 g/mol. The lowest BCUT2D eigenvalue weighted by Gasteiger charge is -2.31. The standard InChI is InChI=1S/C16H22N2O3/c1-11(2)13-7-3-4-8-14(13)17-16(21)18-9-5-6-12(10-18)15(19)20/h3-4,7-8,11-12H,5-6,9-10H2,1-2H3,(H,17,21)(H,19,20). The minimum absolute atomic E-state index is 0.214. The topological polar surface area (TPSA) is 69.6 Å². The molecule has 1 aromatic carbocycles. The maximum Gasteiger partial charge on any atom is 0.321 e. The fourth-order valence-corrected chi connectivity index (χ4v) is 2.67. The van der Waals surface area contributed by atoms with Gasteiger partial charge >= 0.3 is 12.0 Å². The molecule has 0 aromatic heterocycles. The van der Waals surface area contributed by atoms with Crippen molar-refractivity contribution in [3.63, 3.8) is 0 Å². The molecule has 2 N–H and O–H groups in total. The average molecular weight is 290 g/mol. The number of carboxylic acid groups (broad SMARTS) is 1. The highest BCUT2D eigenvalue weighted by Crippen LogP contribution is 2.24. The number of anilines is 1. The largest absolute Gasteiger partial charge is 0.481 e. The van der Waals surface area contributed by atoms with Gasteiger partial charge in [-0.3, -0.25) is 4.79 Å². The van der Waals surface area contributed by atoms with Gasteiger partial charge in [-0.1, -0.05) is 32.0 Å². The maximum absolute atomic E-state index is 12.3. The second-order valence-electron chi connectivity index (χ2n) is 5.80. The van der Waals surface area contributed by atoms with Gasteiger partial charge in [-0.25, -0.2) is 4.79 Å². The van der Waals surface area contributed by atoms with Crippen LogP contribution in [0.4, 0.5) is 10.5 Å². The summed E-state index contributed by atoms with van der Waals surface area (Å²) in [4.78, 5) is 25.0. The number of hydrogen-bond acceptors (Lipinski definition) is 2. The number of aliphatic carboxylic acids is 1. The Kier molecular flexibility index (Phi) is 4.83. The van der Waals surface area contributed by atoms with E-state index in [9.17, 15) is 9.59 Å². The predicted octanol–water partition coefficient (Wildman–Crippen LogP) is 3.14. The molecule has 1 aromatic rings. The fourth-order valence-electron chi connectivity index (χ4n) is 2.67. The van der Waals surface area contributed by atoms with Crippen molar-refractivity contribution >= 4 is 17.7 Å². The summed E-state index contributed by atoms with van der Waals surface area (Å²) in [7, 11) is 0. The van der Waals surface area contributed by atoms with E-state index in [-0.39, 0.29) is 12.6 Å². The van der Waals surface area contributed by atoms with Gasteiger partial charge in [0.15, 0.2) is 0 Å².